The van der Waals surface area contributed by atoms with Crippen LogP contribution in [0.1, 0.15) is 62.7 Å². The maximum absolute atomic E-state index is 4.68. The number of imidazole rings is 1. The van der Waals surface area contributed by atoms with E-state index in [9.17, 15) is 0 Å². The summed E-state index contributed by atoms with van der Waals surface area (Å²) in [5, 5.41) is 0. The van der Waals surface area contributed by atoms with Gasteiger partial charge in [0.1, 0.15) is 5.82 Å². The maximum atomic E-state index is 4.68. The van der Waals surface area contributed by atoms with E-state index in [-0.39, 0.29) is 0 Å². The summed E-state index contributed by atoms with van der Waals surface area (Å²) in [6.07, 6.45) is 3.81. The summed E-state index contributed by atoms with van der Waals surface area (Å²) in [5.74, 6) is 2.35. The zero-order valence-corrected chi connectivity index (χ0v) is 8.72. The van der Waals surface area contributed by atoms with Gasteiger partial charge in [-0.1, -0.05) is 20.8 Å². The van der Waals surface area contributed by atoms with Crippen molar-refractivity contribution in [1.29, 1.82) is 0 Å². The predicted molar refractivity (Wildman–Crippen MR) is 54.0 cm³/mol. The largest absolute Gasteiger partial charge is 0.345 e. The van der Waals surface area contributed by atoms with Crippen molar-refractivity contribution in [1.82, 2.24) is 9.97 Å². The van der Waals surface area contributed by atoms with Crippen LogP contribution in [0, 0.1) is 0 Å². The smallest absolute Gasteiger partial charge is 0.109 e. The molecule has 0 fully saturated rings. The van der Waals surface area contributed by atoms with E-state index in [1.54, 1.807) is 0 Å². The molecular weight excluding hydrogens is 160 g/mol. The van der Waals surface area contributed by atoms with Crippen molar-refractivity contribution in [2.24, 2.45) is 0 Å². The van der Waals surface area contributed by atoms with Crippen LogP contribution in [0.4, 0.5) is 0 Å². The van der Waals surface area contributed by atoms with Crippen LogP contribution in [0.5, 0.6) is 0 Å². The number of hydrogen-bond donors (Lipinski definition) is 1. The Morgan fingerprint density at radius 1 is 1.46 bits per heavy atom. The molecule has 0 saturated carbocycles. The third-order valence-corrected chi connectivity index (χ3v) is 2.91. The summed E-state index contributed by atoms with van der Waals surface area (Å²) >= 11 is 0. The summed E-state index contributed by atoms with van der Waals surface area (Å²) in [6, 6.07) is 0. The highest BCUT2D eigenvalue weighted by molar-refractivity contribution is 5.22. The van der Waals surface area contributed by atoms with Gasteiger partial charge >= 0.3 is 0 Å². The maximum Gasteiger partial charge on any atom is 0.109 e. The van der Waals surface area contributed by atoms with E-state index in [1.807, 2.05) is 0 Å². The third-order valence-electron chi connectivity index (χ3n) is 2.91. The number of hydrogen-bond acceptors (Lipinski definition) is 1. The second kappa shape index (κ2) is 3.17. The Labute approximate surface area is 79.8 Å². The summed E-state index contributed by atoms with van der Waals surface area (Å²) in [7, 11) is 0. The van der Waals surface area contributed by atoms with Crippen molar-refractivity contribution >= 4 is 0 Å². The number of fused-ring (bicyclic) bond motifs is 1. The average Bonchev–Trinajstić information content (AvgIpc) is 2.49. The van der Waals surface area contributed by atoms with Crippen LogP contribution >= 0.6 is 0 Å². The van der Waals surface area contributed by atoms with Gasteiger partial charge in [-0.05, 0) is 19.3 Å². The molecule has 0 saturated heterocycles. The predicted octanol–water partition coefficient (Wildman–Crippen LogP) is 2.97. The molecule has 0 aromatic carbocycles. The lowest BCUT2D eigenvalue weighted by Crippen LogP contribution is -2.05. The average molecular weight is 178 g/mol. The lowest BCUT2D eigenvalue weighted by molar-refractivity contribution is 0.574. The summed E-state index contributed by atoms with van der Waals surface area (Å²) in [6.45, 7) is 6.66. The van der Waals surface area contributed by atoms with Gasteiger partial charge in [0.25, 0.3) is 0 Å². The first-order valence-corrected chi connectivity index (χ1v) is 5.27. The molecule has 1 unspecified atom stereocenters. The second-order valence-electron chi connectivity index (χ2n) is 4.43. The molecule has 1 aliphatic carbocycles. The Kier molecular flexibility index (Phi) is 2.14. The molecule has 1 atom stereocenters. The van der Waals surface area contributed by atoms with Crippen LogP contribution in [0.15, 0.2) is 0 Å². The molecule has 1 heterocycles. The Hall–Kier alpha value is -0.790. The van der Waals surface area contributed by atoms with Gasteiger partial charge in [-0.2, -0.15) is 0 Å². The number of H-pyrrole nitrogens is 1. The van der Waals surface area contributed by atoms with E-state index in [4.69, 9.17) is 0 Å². The molecule has 2 rings (SSSR count). The fraction of sp³-hybridized carbons (Fsp3) is 0.727. The van der Waals surface area contributed by atoms with Gasteiger partial charge in [-0.25, -0.2) is 4.98 Å². The molecule has 72 valence electrons. The minimum Gasteiger partial charge on any atom is -0.345 e. The molecule has 0 spiro atoms. The molecule has 1 aromatic heterocycles. The quantitative estimate of drug-likeness (QED) is 0.703. The highest BCUT2D eigenvalue weighted by atomic mass is 14.9. The Balaban J connectivity index is 2.36. The van der Waals surface area contributed by atoms with Crippen molar-refractivity contribution in [3.63, 3.8) is 0 Å². The van der Waals surface area contributed by atoms with Gasteiger partial charge in [0, 0.05) is 17.5 Å². The molecular formula is C11H18N2. The van der Waals surface area contributed by atoms with Crippen molar-refractivity contribution in [2.45, 2.75) is 51.9 Å². The lowest BCUT2D eigenvalue weighted by Gasteiger charge is -2.15. The molecule has 2 heteroatoms. The summed E-state index contributed by atoms with van der Waals surface area (Å²) in [5.41, 5.74) is 2.72. The number of aromatic amines is 1. The molecule has 2 nitrogen and oxygen atoms in total. The number of aryl methyl sites for hydroxylation is 1. The minimum absolute atomic E-state index is 0.526. The zero-order valence-electron chi connectivity index (χ0n) is 8.72. The topological polar surface area (TPSA) is 28.7 Å². The van der Waals surface area contributed by atoms with Gasteiger partial charge in [0.15, 0.2) is 0 Å². The highest BCUT2D eigenvalue weighted by Crippen LogP contribution is 2.30. The number of rotatable bonds is 1. The van der Waals surface area contributed by atoms with Gasteiger partial charge < -0.3 is 4.98 Å². The summed E-state index contributed by atoms with van der Waals surface area (Å²) in [4.78, 5) is 8.13. The van der Waals surface area contributed by atoms with Crippen molar-refractivity contribution < 1.29 is 0 Å². The van der Waals surface area contributed by atoms with E-state index in [0.717, 1.165) is 0 Å². The Morgan fingerprint density at radius 2 is 2.23 bits per heavy atom. The molecule has 0 radical (unpaired) electrons. The lowest BCUT2D eigenvalue weighted by atomic mass is 9.92. The van der Waals surface area contributed by atoms with Crippen molar-refractivity contribution in [2.75, 3.05) is 0 Å². The van der Waals surface area contributed by atoms with Crippen molar-refractivity contribution in [3.8, 4) is 0 Å². The summed E-state index contributed by atoms with van der Waals surface area (Å²) < 4.78 is 0. The first-order valence-electron chi connectivity index (χ1n) is 5.27. The van der Waals surface area contributed by atoms with E-state index in [0.29, 0.717) is 11.8 Å². The molecule has 1 aliphatic rings. The Morgan fingerprint density at radius 3 is 2.85 bits per heavy atom. The van der Waals surface area contributed by atoms with E-state index >= 15 is 0 Å². The van der Waals surface area contributed by atoms with Gasteiger partial charge in [-0.15, -0.1) is 0 Å². The molecule has 13 heavy (non-hydrogen) atoms. The van der Waals surface area contributed by atoms with Crippen LogP contribution in [0.3, 0.4) is 0 Å². The fourth-order valence-electron chi connectivity index (χ4n) is 2.04. The van der Waals surface area contributed by atoms with Gasteiger partial charge in [0.05, 0.1) is 5.69 Å². The molecule has 1 aromatic rings. The fourth-order valence-corrected chi connectivity index (χ4v) is 2.04. The second-order valence-corrected chi connectivity index (χ2v) is 4.43. The Bertz CT molecular complexity index is 299. The zero-order chi connectivity index (χ0) is 9.42. The van der Waals surface area contributed by atoms with Gasteiger partial charge in [-0.3, -0.25) is 0 Å². The standard InChI is InChI=1S/C11H18N2/c1-7(2)11-12-9-6-4-5-8(3)10(9)13-11/h7-8H,4-6H2,1-3H3,(H,12,13). The monoisotopic (exact) mass is 178 g/mol. The van der Waals surface area contributed by atoms with E-state index < -0.39 is 0 Å². The molecule has 0 amide bonds. The first kappa shape index (κ1) is 8.79. The van der Waals surface area contributed by atoms with Crippen LogP contribution in [-0.2, 0) is 6.42 Å². The third kappa shape index (κ3) is 1.50. The molecule has 1 N–H and O–H groups in total. The van der Waals surface area contributed by atoms with Crippen molar-refractivity contribution in [3.05, 3.63) is 17.2 Å². The minimum atomic E-state index is 0.526. The number of nitrogens with one attached hydrogen (secondary N) is 1. The molecule has 0 bridgehead atoms. The van der Waals surface area contributed by atoms with Crippen LogP contribution in [-0.4, -0.2) is 9.97 Å². The van der Waals surface area contributed by atoms with Crippen LogP contribution < -0.4 is 0 Å². The highest BCUT2D eigenvalue weighted by Gasteiger charge is 2.21. The van der Waals surface area contributed by atoms with E-state index in [1.165, 1.54) is 36.5 Å². The van der Waals surface area contributed by atoms with Crippen LogP contribution in [0.25, 0.3) is 0 Å². The SMILES string of the molecule is CC(C)c1nc2c([nH]1)CCCC2C. The van der Waals surface area contributed by atoms with E-state index in [2.05, 4.69) is 30.7 Å². The normalized spacial score (nSPS) is 22.0. The molecule has 0 aliphatic heterocycles. The number of aromatic nitrogens is 2. The van der Waals surface area contributed by atoms with Crippen LogP contribution in [0.2, 0.25) is 0 Å². The number of nitrogens with zero attached hydrogens (tertiary/aromatic N) is 1. The van der Waals surface area contributed by atoms with Gasteiger partial charge in [0.2, 0.25) is 0 Å². The first-order chi connectivity index (χ1) is 6.18.